The Morgan fingerprint density at radius 3 is 2.50 bits per heavy atom. The molecule has 2 N–H and O–H groups in total. The summed E-state index contributed by atoms with van der Waals surface area (Å²) in [5, 5.41) is 20.2. The molecule has 0 aromatic rings. The number of ketones is 2. The fourth-order valence-electron chi connectivity index (χ4n) is 7.65. The lowest BCUT2D eigenvalue weighted by Gasteiger charge is -2.61. The van der Waals surface area contributed by atoms with Gasteiger partial charge < -0.3 is 14.9 Å². The molecule has 6 nitrogen and oxygen atoms in total. The number of alkyl halides is 2. The van der Waals surface area contributed by atoms with Gasteiger partial charge in [-0.1, -0.05) is 19.9 Å². The van der Waals surface area contributed by atoms with E-state index < -0.39 is 81.3 Å². The topological polar surface area (TPSA) is 101 Å². The molecule has 0 aromatic carbocycles. The molecular formula is C27H35F3O6. The third-order valence-corrected chi connectivity index (χ3v) is 10.0. The number of hydrogen-bond donors (Lipinski definition) is 2. The first-order valence-electron chi connectivity index (χ1n) is 12.7. The summed E-state index contributed by atoms with van der Waals surface area (Å²) in [7, 11) is 0. The first-order chi connectivity index (χ1) is 16.6. The van der Waals surface area contributed by atoms with Crippen LogP contribution in [0.1, 0.15) is 72.6 Å². The summed E-state index contributed by atoms with van der Waals surface area (Å²) in [6, 6.07) is 0. The highest BCUT2D eigenvalue weighted by Gasteiger charge is 2.74. The molecule has 0 spiro atoms. The SMILES string of the molecule is CCC(C)(O)CC(=O)O[C@]1(C(=O)CO)CC[C@H]2[C@@H]3C[C@H](F)C4=C(F)C(=O)C=C[C@]4(C)[C@@]3(F)CC[C@@]21C. The number of aliphatic hydroxyl groups excluding tert-OH is 1. The zero-order valence-corrected chi connectivity index (χ0v) is 21.2. The van der Waals surface area contributed by atoms with Crippen molar-refractivity contribution in [2.24, 2.45) is 22.7 Å². The van der Waals surface area contributed by atoms with Crippen molar-refractivity contribution in [3.8, 4) is 0 Å². The molecule has 1 unspecified atom stereocenters. The molecule has 36 heavy (non-hydrogen) atoms. The van der Waals surface area contributed by atoms with Crippen molar-refractivity contribution in [3.05, 3.63) is 23.6 Å². The van der Waals surface area contributed by atoms with Gasteiger partial charge in [-0.15, -0.1) is 0 Å². The Kier molecular flexibility index (Phi) is 6.40. The zero-order valence-electron chi connectivity index (χ0n) is 21.2. The lowest BCUT2D eigenvalue weighted by molar-refractivity contribution is -0.203. The van der Waals surface area contributed by atoms with Crippen molar-refractivity contribution in [3.63, 3.8) is 0 Å². The summed E-state index contributed by atoms with van der Waals surface area (Å²) >= 11 is 0. The summed E-state index contributed by atoms with van der Waals surface area (Å²) in [4.78, 5) is 38.0. The highest BCUT2D eigenvalue weighted by molar-refractivity contribution is 6.04. The van der Waals surface area contributed by atoms with Gasteiger partial charge in [-0.3, -0.25) is 14.4 Å². The lowest BCUT2D eigenvalue weighted by atomic mass is 9.45. The van der Waals surface area contributed by atoms with Crippen LogP contribution < -0.4 is 0 Å². The zero-order chi connectivity index (χ0) is 26.9. The number of carbonyl (C=O) groups excluding carboxylic acids is 3. The minimum absolute atomic E-state index is 0.0270. The van der Waals surface area contributed by atoms with Gasteiger partial charge in [0.15, 0.2) is 11.4 Å². The molecule has 3 saturated carbocycles. The lowest BCUT2D eigenvalue weighted by Crippen LogP contribution is -2.65. The van der Waals surface area contributed by atoms with E-state index in [0.717, 1.165) is 6.08 Å². The average molecular weight is 513 g/mol. The standard InChI is InChI=1S/C27H35F3O6/c1-5-23(2,35)13-20(34)36-27(19(33)14-31)9-6-15-16-12-17(28)21-22(29)18(32)7-8-25(21,4)26(16,30)11-10-24(15,27)3/h7-8,15-17,31,35H,5-6,9-14H2,1-4H3/t15-,16-,17-,23?,24-,25-,26+,27-/m0/s1. The number of aliphatic hydroxyl groups is 2. The van der Waals surface area contributed by atoms with Crippen LogP contribution in [-0.2, 0) is 19.1 Å². The van der Waals surface area contributed by atoms with Gasteiger partial charge in [0, 0.05) is 22.3 Å². The van der Waals surface area contributed by atoms with Gasteiger partial charge in [-0.2, -0.15) is 0 Å². The number of hydrogen-bond acceptors (Lipinski definition) is 6. The van der Waals surface area contributed by atoms with Crippen LogP contribution in [0.15, 0.2) is 23.6 Å². The van der Waals surface area contributed by atoms with Crippen molar-refractivity contribution in [2.45, 2.75) is 95.7 Å². The van der Waals surface area contributed by atoms with Crippen molar-refractivity contribution < 1.29 is 42.5 Å². The molecule has 0 amide bonds. The van der Waals surface area contributed by atoms with Crippen LogP contribution >= 0.6 is 0 Å². The first kappa shape index (κ1) is 27.0. The molecule has 200 valence electrons. The number of esters is 1. The van der Waals surface area contributed by atoms with Crippen LogP contribution in [0.3, 0.4) is 0 Å². The van der Waals surface area contributed by atoms with Gasteiger partial charge in [-0.25, -0.2) is 13.2 Å². The predicted molar refractivity (Wildman–Crippen MR) is 124 cm³/mol. The van der Waals surface area contributed by atoms with E-state index in [1.807, 2.05) is 0 Å². The van der Waals surface area contributed by atoms with Gasteiger partial charge in [0.25, 0.3) is 0 Å². The maximum absolute atomic E-state index is 17.1. The van der Waals surface area contributed by atoms with Crippen LogP contribution in [-0.4, -0.2) is 57.4 Å². The van der Waals surface area contributed by atoms with E-state index in [-0.39, 0.29) is 44.9 Å². The van der Waals surface area contributed by atoms with Crippen LogP contribution in [0.25, 0.3) is 0 Å². The molecule has 4 aliphatic rings. The fraction of sp³-hybridized carbons (Fsp3) is 0.741. The Morgan fingerprint density at radius 2 is 1.89 bits per heavy atom. The number of fused-ring (bicyclic) bond motifs is 5. The summed E-state index contributed by atoms with van der Waals surface area (Å²) in [5.41, 5.74) is -8.42. The minimum atomic E-state index is -2.09. The Morgan fingerprint density at radius 1 is 1.22 bits per heavy atom. The van der Waals surface area contributed by atoms with Gasteiger partial charge in [0.2, 0.25) is 11.6 Å². The van der Waals surface area contributed by atoms with E-state index in [9.17, 15) is 29.0 Å². The van der Waals surface area contributed by atoms with Crippen LogP contribution in [0, 0.1) is 22.7 Å². The number of carbonyl (C=O) groups is 3. The Bertz CT molecular complexity index is 1050. The van der Waals surface area contributed by atoms with Crippen molar-refractivity contribution >= 4 is 17.5 Å². The maximum Gasteiger partial charge on any atom is 0.309 e. The second-order valence-electron chi connectivity index (χ2n) is 11.8. The molecule has 0 aromatic heterocycles. The largest absolute Gasteiger partial charge is 0.450 e. The smallest absolute Gasteiger partial charge is 0.309 e. The monoisotopic (exact) mass is 512 g/mol. The van der Waals surface area contributed by atoms with Crippen LogP contribution in [0.5, 0.6) is 0 Å². The van der Waals surface area contributed by atoms with E-state index in [2.05, 4.69) is 0 Å². The van der Waals surface area contributed by atoms with Crippen LogP contribution in [0.4, 0.5) is 13.2 Å². The Hall–Kier alpha value is -2.00. The molecule has 4 aliphatic carbocycles. The van der Waals surface area contributed by atoms with E-state index in [0.29, 0.717) is 0 Å². The van der Waals surface area contributed by atoms with E-state index in [1.54, 1.807) is 13.8 Å². The number of halogens is 3. The maximum atomic E-state index is 17.1. The van der Waals surface area contributed by atoms with Crippen molar-refractivity contribution in [1.82, 2.24) is 0 Å². The number of ether oxygens (including phenoxy) is 1. The summed E-state index contributed by atoms with van der Waals surface area (Å²) in [6.07, 6.45) is 0.0465. The van der Waals surface area contributed by atoms with Gasteiger partial charge >= 0.3 is 5.97 Å². The second kappa shape index (κ2) is 8.51. The average Bonchev–Trinajstić information content (AvgIpc) is 3.10. The summed E-state index contributed by atoms with van der Waals surface area (Å²) in [6.45, 7) is 5.41. The molecule has 9 heteroatoms. The molecule has 4 rings (SSSR count). The van der Waals surface area contributed by atoms with Gasteiger partial charge in [0.05, 0.1) is 12.0 Å². The fourth-order valence-corrected chi connectivity index (χ4v) is 7.65. The quantitative estimate of drug-likeness (QED) is 0.522. The Balaban J connectivity index is 1.75. The van der Waals surface area contributed by atoms with Crippen molar-refractivity contribution in [1.29, 1.82) is 0 Å². The summed E-state index contributed by atoms with van der Waals surface area (Å²) < 4.78 is 53.2. The predicted octanol–water partition coefficient (Wildman–Crippen LogP) is 4.03. The minimum Gasteiger partial charge on any atom is -0.450 e. The van der Waals surface area contributed by atoms with Crippen LogP contribution in [0.2, 0.25) is 0 Å². The molecule has 0 heterocycles. The molecular weight excluding hydrogens is 477 g/mol. The van der Waals surface area contributed by atoms with E-state index in [4.69, 9.17) is 4.74 Å². The second-order valence-corrected chi connectivity index (χ2v) is 11.8. The molecule has 8 atom stereocenters. The third-order valence-electron chi connectivity index (χ3n) is 10.0. The highest BCUT2D eigenvalue weighted by atomic mass is 19.2. The Labute approximate surface area is 209 Å². The molecule has 0 saturated heterocycles. The number of rotatable bonds is 6. The summed E-state index contributed by atoms with van der Waals surface area (Å²) in [5.74, 6) is -5.27. The normalized spacial score (nSPS) is 43.4. The van der Waals surface area contributed by atoms with E-state index in [1.165, 1.54) is 19.9 Å². The number of allylic oxidation sites excluding steroid dienone is 4. The number of Topliss-reactive ketones (excluding diaryl/α,β-unsaturated/α-hetero) is 1. The van der Waals surface area contributed by atoms with Gasteiger partial charge in [-0.05, 0) is 64.4 Å². The molecule has 0 aliphatic heterocycles. The van der Waals surface area contributed by atoms with Crippen molar-refractivity contribution in [2.75, 3.05) is 6.61 Å². The van der Waals surface area contributed by atoms with Gasteiger partial charge in [0.1, 0.15) is 18.4 Å². The molecule has 3 fully saturated rings. The first-order valence-corrected chi connectivity index (χ1v) is 12.7. The highest BCUT2D eigenvalue weighted by Crippen LogP contribution is 2.71. The third kappa shape index (κ3) is 3.48. The van der Waals surface area contributed by atoms with E-state index >= 15 is 8.78 Å². The molecule has 0 bridgehead atoms. The molecule has 0 radical (unpaired) electrons.